The topological polar surface area (TPSA) is 27.7 Å². The maximum atomic E-state index is 6.23. The van der Waals surface area contributed by atoms with Gasteiger partial charge in [-0.3, -0.25) is 0 Å². The van der Waals surface area contributed by atoms with E-state index >= 15 is 0 Å². The van der Waals surface area contributed by atoms with Crippen molar-refractivity contribution in [2.75, 3.05) is 12.8 Å². The molecule has 2 atom stereocenters. The second kappa shape index (κ2) is 9.45. The largest absolute Gasteiger partial charge is 0.441 e. The van der Waals surface area contributed by atoms with E-state index in [2.05, 4.69) is 65.5 Å². The van der Waals surface area contributed by atoms with Crippen LogP contribution in [0.4, 0.5) is 0 Å². The number of hydrogen-bond donors (Lipinski definition) is 0. The molecule has 0 amide bonds. The Balaban J connectivity index is 3.98. The summed E-state index contributed by atoms with van der Waals surface area (Å²) in [4.78, 5) is 0. The Labute approximate surface area is 145 Å². The van der Waals surface area contributed by atoms with Crippen LogP contribution in [0.2, 0.25) is 77.2 Å². The summed E-state index contributed by atoms with van der Waals surface area (Å²) in [6, 6.07) is 1.09. The normalized spacial score (nSPS) is 16.6. The molecule has 0 aliphatic rings. The predicted octanol–water partition coefficient (Wildman–Crippen LogP) is 4.20. The Kier molecular flexibility index (Phi) is 9.86. The molecule has 1 unspecified atom stereocenters. The van der Waals surface area contributed by atoms with Crippen molar-refractivity contribution in [2.24, 2.45) is 0 Å². The molecule has 3 nitrogen and oxygen atoms in total. The molecule has 0 spiro atoms. The van der Waals surface area contributed by atoms with Gasteiger partial charge in [0.15, 0.2) is 17.4 Å². The molecule has 8 heteroatoms. The van der Waals surface area contributed by atoms with E-state index in [0.29, 0.717) is 0 Å². The third-order valence-electron chi connectivity index (χ3n) is 3.28. The zero-order valence-electron chi connectivity index (χ0n) is 16.7. The molecule has 0 saturated carbocycles. The molecule has 0 aliphatic heterocycles. The summed E-state index contributed by atoms with van der Waals surface area (Å²) in [6.45, 7) is 24.3. The van der Waals surface area contributed by atoms with E-state index in [0.717, 1.165) is 18.9 Å². The molecule has 0 N–H and O–H groups in total. The van der Waals surface area contributed by atoms with Crippen molar-refractivity contribution in [3.8, 4) is 0 Å². The molecule has 0 aliphatic carbocycles. The van der Waals surface area contributed by atoms with Gasteiger partial charge in [-0.15, -0.1) is 0 Å². The van der Waals surface area contributed by atoms with Gasteiger partial charge in [0.05, 0.1) is 8.07 Å². The van der Waals surface area contributed by atoms with Crippen LogP contribution in [0, 0.1) is 0 Å². The van der Waals surface area contributed by atoms with E-state index in [4.69, 9.17) is 13.0 Å². The average molecular weight is 397 g/mol. The van der Waals surface area contributed by atoms with Crippen LogP contribution >= 0.6 is 0 Å². The SMILES string of the molecule is C[SiH](C[Si](C)(C)C)O[Si@@H](C)OCC[Si](C)(C)OC[Si](C)(C)C. The Hall–Kier alpha value is 0.964. The summed E-state index contributed by atoms with van der Waals surface area (Å²) in [7, 11) is -6.11. The van der Waals surface area contributed by atoms with Gasteiger partial charge < -0.3 is 13.0 Å². The summed E-state index contributed by atoms with van der Waals surface area (Å²) in [5.74, 6) is 0. The van der Waals surface area contributed by atoms with Crippen LogP contribution in [-0.2, 0) is 13.0 Å². The van der Waals surface area contributed by atoms with Crippen LogP contribution < -0.4 is 0 Å². The number of hydrogen-bond acceptors (Lipinski definition) is 3. The van der Waals surface area contributed by atoms with Crippen molar-refractivity contribution >= 4 is 42.8 Å². The lowest BCUT2D eigenvalue weighted by atomic mass is 10.9. The third kappa shape index (κ3) is 14.5. The molecular formula is C14H40O3Si5. The Morgan fingerprint density at radius 3 is 1.82 bits per heavy atom. The quantitative estimate of drug-likeness (QED) is 0.490. The minimum absolute atomic E-state index is 0.826. The molecule has 0 aromatic carbocycles. The van der Waals surface area contributed by atoms with E-state index in [1.165, 1.54) is 5.67 Å². The van der Waals surface area contributed by atoms with Gasteiger partial charge in [0.25, 0.3) is 0 Å². The maximum Gasteiger partial charge on any atom is 0.307 e. The van der Waals surface area contributed by atoms with E-state index in [-0.39, 0.29) is 0 Å². The number of rotatable bonds is 11. The molecule has 0 bridgehead atoms. The highest BCUT2D eigenvalue weighted by Crippen LogP contribution is 2.15. The van der Waals surface area contributed by atoms with E-state index < -0.39 is 42.8 Å². The van der Waals surface area contributed by atoms with Crippen molar-refractivity contribution in [1.82, 2.24) is 0 Å². The van der Waals surface area contributed by atoms with E-state index in [9.17, 15) is 0 Å². The molecule has 0 saturated heterocycles. The minimum Gasteiger partial charge on any atom is -0.441 e. The molecular weight excluding hydrogens is 357 g/mol. The summed E-state index contributed by atoms with van der Waals surface area (Å²) in [6.07, 6.45) is 0.982. The average Bonchev–Trinajstić information content (AvgIpc) is 2.22. The van der Waals surface area contributed by atoms with Crippen LogP contribution in [0.1, 0.15) is 0 Å². The zero-order chi connectivity index (χ0) is 17.6. The molecule has 0 rings (SSSR count). The van der Waals surface area contributed by atoms with E-state index in [1.54, 1.807) is 0 Å². The van der Waals surface area contributed by atoms with Crippen LogP contribution in [-0.4, -0.2) is 55.6 Å². The molecule has 22 heavy (non-hydrogen) atoms. The zero-order valence-corrected chi connectivity index (χ0v) is 22.0. The summed E-state index contributed by atoms with van der Waals surface area (Å²) in [5, 5.41) is 0. The molecule has 0 radical (unpaired) electrons. The fourth-order valence-electron chi connectivity index (χ4n) is 2.23. The van der Waals surface area contributed by atoms with Crippen LogP contribution in [0.5, 0.6) is 0 Å². The summed E-state index contributed by atoms with van der Waals surface area (Å²) < 4.78 is 18.5. The fourth-order valence-corrected chi connectivity index (χ4v) is 18.0. The lowest BCUT2D eigenvalue weighted by Crippen LogP contribution is -2.40. The highest BCUT2D eigenvalue weighted by Gasteiger charge is 2.26. The first kappa shape index (κ1) is 23.0. The van der Waals surface area contributed by atoms with Gasteiger partial charge >= 0.3 is 9.28 Å². The monoisotopic (exact) mass is 396 g/mol. The minimum atomic E-state index is -1.56. The third-order valence-corrected chi connectivity index (χ3v) is 18.2. The molecule has 134 valence electrons. The molecule has 0 aromatic rings. The second-order valence-electron chi connectivity index (χ2n) is 9.51. The van der Waals surface area contributed by atoms with Crippen LogP contribution in [0.15, 0.2) is 0 Å². The lowest BCUT2D eigenvalue weighted by molar-refractivity contribution is 0.277. The predicted molar refractivity (Wildman–Crippen MR) is 113 cm³/mol. The molecule has 0 aromatic heterocycles. The van der Waals surface area contributed by atoms with Gasteiger partial charge in [-0.2, -0.15) is 0 Å². The molecule has 0 heterocycles. The van der Waals surface area contributed by atoms with Gasteiger partial charge in [-0.1, -0.05) is 39.3 Å². The first-order chi connectivity index (χ1) is 9.70. The smallest absolute Gasteiger partial charge is 0.307 e. The van der Waals surface area contributed by atoms with Crippen molar-refractivity contribution in [3.05, 3.63) is 0 Å². The Morgan fingerprint density at radius 2 is 1.36 bits per heavy atom. The van der Waals surface area contributed by atoms with Gasteiger partial charge in [0.2, 0.25) is 0 Å². The lowest BCUT2D eigenvalue weighted by Gasteiger charge is -2.28. The van der Waals surface area contributed by atoms with Crippen molar-refractivity contribution in [3.63, 3.8) is 0 Å². The van der Waals surface area contributed by atoms with E-state index in [1.807, 2.05) is 0 Å². The van der Waals surface area contributed by atoms with Crippen LogP contribution in [0.3, 0.4) is 0 Å². The Bertz CT molecular complexity index is 313. The Morgan fingerprint density at radius 1 is 0.818 bits per heavy atom. The van der Waals surface area contributed by atoms with Gasteiger partial charge in [0.1, 0.15) is 0 Å². The first-order valence-corrected chi connectivity index (χ1v) is 23.7. The van der Waals surface area contributed by atoms with Crippen molar-refractivity contribution in [2.45, 2.75) is 77.2 Å². The van der Waals surface area contributed by atoms with Crippen molar-refractivity contribution < 1.29 is 13.0 Å². The summed E-state index contributed by atoms with van der Waals surface area (Å²) >= 11 is 0. The van der Waals surface area contributed by atoms with Crippen molar-refractivity contribution in [1.29, 1.82) is 0 Å². The first-order valence-electron chi connectivity index (χ1n) is 8.61. The van der Waals surface area contributed by atoms with Crippen LogP contribution in [0.25, 0.3) is 0 Å². The van der Waals surface area contributed by atoms with Gasteiger partial charge in [-0.25, -0.2) is 0 Å². The fraction of sp³-hybridized carbons (Fsp3) is 1.00. The highest BCUT2D eigenvalue weighted by atomic mass is 28.4. The maximum absolute atomic E-state index is 6.23. The second-order valence-corrected chi connectivity index (χ2v) is 30.2. The summed E-state index contributed by atoms with van der Waals surface area (Å²) in [5.41, 5.74) is 1.35. The van der Waals surface area contributed by atoms with Gasteiger partial charge in [0, 0.05) is 20.9 Å². The standard InChI is InChI=1S/C14H40O3Si5/c1-18(14-21(6,7)8)17-19(2)15-11-12-22(9,10)16-13-20(3,4)5/h18-19H,11-14H2,1-10H3/t18?,19-/m0/s1. The highest BCUT2D eigenvalue weighted by molar-refractivity contribution is 6.86. The molecule has 0 fully saturated rings. The van der Waals surface area contributed by atoms with Gasteiger partial charge in [-0.05, 0) is 37.9 Å².